The maximum absolute atomic E-state index is 4.46. The van der Waals surface area contributed by atoms with Gasteiger partial charge in [0.05, 0.1) is 12.4 Å². The summed E-state index contributed by atoms with van der Waals surface area (Å²) in [5.41, 5.74) is 1.61. The van der Waals surface area contributed by atoms with Crippen molar-refractivity contribution in [2.75, 3.05) is 13.1 Å². The van der Waals surface area contributed by atoms with E-state index >= 15 is 0 Å². The van der Waals surface area contributed by atoms with Gasteiger partial charge in [0.2, 0.25) is 0 Å². The van der Waals surface area contributed by atoms with Gasteiger partial charge in [0, 0.05) is 28.7 Å². The van der Waals surface area contributed by atoms with Crippen molar-refractivity contribution in [2.45, 2.75) is 44.6 Å². The summed E-state index contributed by atoms with van der Waals surface area (Å²) in [5.74, 6) is 0. The quantitative estimate of drug-likeness (QED) is 0.911. The van der Waals surface area contributed by atoms with Crippen LogP contribution in [0.1, 0.15) is 49.7 Å². The smallest absolute Gasteiger partial charge is 0.0954 e. The monoisotopic (exact) mass is 289 g/mol. The molecule has 1 aliphatic heterocycles. The van der Waals surface area contributed by atoms with Crippen LogP contribution in [0, 0.1) is 0 Å². The summed E-state index contributed by atoms with van der Waals surface area (Å²) in [6, 6.07) is 4.84. The fourth-order valence-corrected chi connectivity index (χ4v) is 4.09. The van der Waals surface area contributed by atoms with Crippen LogP contribution in [0.5, 0.6) is 0 Å². The van der Waals surface area contributed by atoms with Crippen LogP contribution in [-0.4, -0.2) is 22.6 Å². The number of nitrogens with zero attached hydrogens (tertiary/aromatic N) is 2. The largest absolute Gasteiger partial charge is 0.326 e. The molecule has 4 heteroatoms. The number of hydrogen-bond acceptors (Lipinski definition) is 3. The lowest BCUT2D eigenvalue weighted by Crippen LogP contribution is -2.29. The number of thiophene rings is 1. The van der Waals surface area contributed by atoms with E-state index in [-0.39, 0.29) is 5.41 Å². The third kappa shape index (κ3) is 2.42. The second-order valence-electron chi connectivity index (χ2n) is 5.99. The summed E-state index contributed by atoms with van der Waals surface area (Å²) in [7, 11) is 0. The zero-order valence-electron chi connectivity index (χ0n) is 12.3. The van der Waals surface area contributed by atoms with E-state index in [2.05, 4.69) is 52.4 Å². The Labute approximate surface area is 125 Å². The Hall–Kier alpha value is -1.13. The molecule has 3 nitrogen and oxygen atoms in total. The molecule has 2 atom stereocenters. The summed E-state index contributed by atoms with van der Waals surface area (Å²) >= 11 is 1.86. The molecule has 0 amide bonds. The molecule has 0 aromatic carbocycles. The molecule has 1 N–H and O–H groups in total. The highest BCUT2D eigenvalue weighted by Crippen LogP contribution is 2.35. The van der Waals surface area contributed by atoms with Gasteiger partial charge in [0.1, 0.15) is 0 Å². The minimum atomic E-state index is 0.222. The van der Waals surface area contributed by atoms with Crippen LogP contribution in [-0.2, 0) is 5.41 Å². The Morgan fingerprint density at radius 3 is 3.10 bits per heavy atom. The van der Waals surface area contributed by atoms with Crippen molar-refractivity contribution >= 4 is 11.3 Å². The number of imidazole rings is 1. The number of nitrogens with one attached hydrogen (secondary N) is 1. The molecule has 1 aliphatic rings. The maximum atomic E-state index is 4.46. The Morgan fingerprint density at radius 2 is 2.45 bits per heavy atom. The lowest BCUT2D eigenvalue weighted by Gasteiger charge is -2.28. The van der Waals surface area contributed by atoms with Gasteiger partial charge in [-0.25, -0.2) is 4.98 Å². The van der Waals surface area contributed by atoms with Crippen LogP contribution in [0.3, 0.4) is 0 Å². The molecule has 0 aliphatic carbocycles. The summed E-state index contributed by atoms with van der Waals surface area (Å²) < 4.78 is 2.42. The molecular weight excluding hydrogens is 266 g/mol. The van der Waals surface area contributed by atoms with Crippen molar-refractivity contribution in [1.29, 1.82) is 0 Å². The summed E-state index contributed by atoms with van der Waals surface area (Å²) in [4.78, 5) is 5.91. The molecule has 2 aromatic rings. The van der Waals surface area contributed by atoms with Crippen LogP contribution in [0.4, 0.5) is 0 Å². The van der Waals surface area contributed by atoms with Crippen molar-refractivity contribution in [2.24, 2.45) is 0 Å². The first-order valence-corrected chi connectivity index (χ1v) is 8.39. The SMILES string of the molecule is CCCC(c1cccs1)n1cncc1C1(C)CCNC1. The minimum absolute atomic E-state index is 0.222. The molecule has 20 heavy (non-hydrogen) atoms. The molecule has 1 fully saturated rings. The van der Waals surface area contributed by atoms with Crippen molar-refractivity contribution in [1.82, 2.24) is 14.9 Å². The molecule has 1 saturated heterocycles. The van der Waals surface area contributed by atoms with E-state index in [1.165, 1.54) is 29.8 Å². The highest BCUT2D eigenvalue weighted by atomic mass is 32.1. The Balaban J connectivity index is 1.98. The molecule has 3 rings (SSSR count). The zero-order valence-corrected chi connectivity index (χ0v) is 13.1. The average molecular weight is 289 g/mol. The van der Waals surface area contributed by atoms with Gasteiger partial charge in [0.15, 0.2) is 0 Å². The molecule has 2 unspecified atom stereocenters. The van der Waals surface area contributed by atoms with E-state index < -0.39 is 0 Å². The van der Waals surface area contributed by atoms with Gasteiger partial charge in [-0.1, -0.05) is 26.3 Å². The molecule has 2 aromatic heterocycles. The van der Waals surface area contributed by atoms with E-state index in [0.717, 1.165) is 13.1 Å². The third-order valence-electron chi connectivity index (χ3n) is 4.42. The van der Waals surface area contributed by atoms with Gasteiger partial charge in [-0.2, -0.15) is 0 Å². The topological polar surface area (TPSA) is 29.9 Å². The van der Waals surface area contributed by atoms with Gasteiger partial charge in [-0.3, -0.25) is 0 Å². The zero-order chi connectivity index (χ0) is 14.0. The lowest BCUT2D eigenvalue weighted by molar-refractivity contribution is 0.439. The Bertz CT molecular complexity index is 538. The van der Waals surface area contributed by atoms with Crippen LogP contribution in [0.25, 0.3) is 0 Å². The summed E-state index contributed by atoms with van der Waals surface area (Å²) in [6.45, 7) is 6.79. The van der Waals surface area contributed by atoms with Crippen molar-refractivity contribution in [3.05, 3.63) is 40.6 Å². The Kier molecular flexibility index (Phi) is 3.94. The third-order valence-corrected chi connectivity index (χ3v) is 5.40. The van der Waals surface area contributed by atoms with Crippen molar-refractivity contribution in [3.63, 3.8) is 0 Å². The number of hydrogen-bond donors (Lipinski definition) is 1. The first-order chi connectivity index (χ1) is 9.74. The van der Waals surface area contributed by atoms with Crippen LogP contribution in [0.15, 0.2) is 30.0 Å². The molecule has 108 valence electrons. The lowest BCUT2D eigenvalue weighted by atomic mass is 9.86. The second-order valence-corrected chi connectivity index (χ2v) is 6.97. The normalized spacial score (nSPS) is 24.1. The van der Waals surface area contributed by atoms with E-state index in [1.807, 2.05) is 17.7 Å². The van der Waals surface area contributed by atoms with E-state index in [0.29, 0.717) is 6.04 Å². The average Bonchev–Trinajstić information content (AvgIpc) is 3.17. The molecule has 0 saturated carbocycles. The van der Waals surface area contributed by atoms with Crippen LogP contribution in [0.2, 0.25) is 0 Å². The molecular formula is C16H23N3S. The number of rotatable bonds is 5. The van der Waals surface area contributed by atoms with Crippen molar-refractivity contribution in [3.8, 4) is 0 Å². The van der Waals surface area contributed by atoms with E-state index in [1.54, 1.807) is 0 Å². The molecule has 0 spiro atoms. The molecule has 0 bridgehead atoms. The fraction of sp³-hybridized carbons (Fsp3) is 0.562. The van der Waals surface area contributed by atoms with Gasteiger partial charge in [-0.15, -0.1) is 11.3 Å². The van der Waals surface area contributed by atoms with E-state index in [9.17, 15) is 0 Å². The van der Waals surface area contributed by atoms with E-state index in [4.69, 9.17) is 0 Å². The maximum Gasteiger partial charge on any atom is 0.0954 e. The highest BCUT2D eigenvalue weighted by molar-refractivity contribution is 7.10. The predicted octanol–water partition coefficient (Wildman–Crippen LogP) is 3.59. The molecule has 0 radical (unpaired) electrons. The van der Waals surface area contributed by atoms with Gasteiger partial charge < -0.3 is 9.88 Å². The first kappa shape index (κ1) is 13.8. The Morgan fingerprint density at radius 1 is 1.55 bits per heavy atom. The fourth-order valence-electron chi connectivity index (χ4n) is 3.23. The van der Waals surface area contributed by atoms with Gasteiger partial charge >= 0.3 is 0 Å². The van der Waals surface area contributed by atoms with Gasteiger partial charge in [0.25, 0.3) is 0 Å². The van der Waals surface area contributed by atoms with Gasteiger partial charge in [-0.05, 0) is 30.8 Å². The summed E-state index contributed by atoms with van der Waals surface area (Å²) in [6.07, 6.45) is 7.66. The predicted molar refractivity (Wildman–Crippen MR) is 84.4 cm³/mol. The highest BCUT2D eigenvalue weighted by Gasteiger charge is 2.34. The first-order valence-electron chi connectivity index (χ1n) is 7.51. The minimum Gasteiger partial charge on any atom is -0.326 e. The van der Waals surface area contributed by atoms with Crippen LogP contribution >= 0.6 is 11.3 Å². The number of aromatic nitrogens is 2. The standard InChI is InChI=1S/C16H23N3S/c1-3-5-13(14-6-4-9-20-14)19-12-18-10-15(19)16(2)7-8-17-11-16/h4,6,9-10,12-13,17H,3,5,7-8,11H2,1-2H3. The summed E-state index contributed by atoms with van der Waals surface area (Å²) in [5, 5.41) is 5.67. The van der Waals surface area contributed by atoms with Crippen LogP contribution < -0.4 is 5.32 Å². The van der Waals surface area contributed by atoms with Crippen molar-refractivity contribution < 1.29 is 0 Å². The molecule has 3 heterocycles. The second kappa shape index (κ2) is 5.70.